The van der Waals surface area contributed by atoms with Gasteiger partial charge in [0, 0.05) is 0 Å². The van der Waals surface area contributed by atoms with E-state index in [9.17, 15) is 15.5 Å². The Kier molecular flexibility index (Phi) is 3.06. The van der Waals surface area contributed by atoms with Crippen LogP contribution in [0, 0.1) is 16.7 Å². The number of ether oxygens (including phenoxy) is 1. The number of fused-ring (bicyclic) bond motifs is 1. The van der Waals surface area contributed by atoms with Crippen molar-refractivity contribution in [3.63, 3.8) is 0 Å². The Balaban J connectivity index is 2.14. The van der Waals surface area contributed by atoms with Gasteiger partial charge in [0.2, 0.25) is 0 Å². The van der Waals surface area contributed by atoms with E-state index in [1.54, 1.807) is 19.1 Å². The summed E-state index contributed by atoms with van der Waals surface area (Å²) < 4.78 is 7.21. The first-order chi connectivity index (χ1) is 10.0. The SMILES string of the molecule is CC1(C#N)C(c2ccc3c(N)ncnn23)OC(CO)C1O. The Morgan fingerprint density at radius 3 is 3.00 bits per heavy atom. The summed E-state index contributed by atoms with van der Waals surface area (Å²) in [5.41, 5.74) is 5.77. The van der Waals surface area contributed by atoms with Gasteiger partial charge in [0.1, 0.15) is 35.6 Å². The summed E-state index contributed by atoms with van der Waals surface area (Å²) in [6.45, 7) is 1.23. The van der Waals surface area contributed by atoms with Crippen LogP contribution in [0.3, 0.4) is 0 Å². The van der Waals surface area contributed by atoms with Crippen molar-refractivity contribution in [1.82, 2.24) is 14.6 Å². The number of nitrogens with zero attached hydrogens (tertiary/aromatic N) is 4. The van der Waals surface area contributed by atoms with Gasteiger partial charge in [-0.05, 0) is 19.1 Å². The van der Waals surface area contributed by atoms with Crippen molar-refractivity contribution < 1.29 is 14.9 Å². The maximum absolute atomic E-state index is 10.2. The van der Waals surface area contributed by atoms with E-state index in [0.717, 1.165) is 0 Å². The first kappa shape index (κ1) is 13.8. The lowest BCUT2D eigenvalue weighted by molar-refractivity contribution is -0.0241. The zero-order chi connectivity index (χ0) is 15.2. The number of rotatable bonds is 2. The quantitative estimate of drug-likeness (QED) is 0.688. The number of nitrogens with two attached hydrogens (primary N) is 1. The molecule has 0 saturated carbocycles. The predicted molar refractivity (Wildman–Crippen MR) is 71.8 cm³/mol. The standard InChI is InChI=1S/C13H15N5O3/c1-13(5-14)10(20)9(4-19)21-11(13)7-2-3-8-12(15)16-6-17-18(7)8/h2-3,6,9-11,19-20H,4H2,1H3,(H2,15,16,17). The Morgan fingerprint density at radius 2 is 2.33 bits per heavy atom. The van der Waals surface area contributed by atoms with Crippen LogP contribution in [0.1, 0.15) is 18.7 Å². The van der Waals surface area contributed by atoms with Crippen LogP contribution >= 0.6 is 0 Å². The summed E-state index contributed by atoms with van der Waals surface area (Å²) in [4.78, 5) is 3.90. The summed E-state index contributed by atoms with van der Waals surface area (Å²) in [6.07, 6.45) is -1.33. The molecule has 0 bridgehead atoms. The highest BCUT2D eigenvalue weighted by Gasteiger charge is 2.54. The van der Waals surface area contributed by atoms with Crippen molar-refractivity contribution in [1.29, 1.82) is 5.26 Å². The Morgan fingerprint density at radius 1 is 1.57 bits per heavy atom. The number of aliphatic hydroxyl groups excluding tert-OH is 2. The molecule has 0 spiro atoms. The van der Waals surface area contributed by atoms with Crippen LogP contribution in [0.4, 0.5) is 5.82 Å². The minimum atomic E-state index is -1.19. The second-order valence-electron chi connectivity index (χ2n) is 5.28. The Bertz CT molecular complexity index is 724. The van der Waals surface area contributed by atoms with E-state index in [1.807, 2.05) is 0 Å². The van der Waals surface area contributed by atoms with Gasteiger partial charge in [-0.3, -0.25) is 0 Å². The summed E-state index contributed by atoms with van der Waals surface area (Å²) >= 11 is 0. The molecule has 1 aliphatic rings. The molecule has 0 radical (unpaired) electrons. The molecule has 8 nitrogen and oxygen atoms in total. The fraction of sp³-hybridized carbons (Fsp3) is 0.462. The number of aromatic nitrogens is 3. The van der Waals surface area contributed by atoms with Gasteiger partial charge in [0.25, 0.3) is 0 Å². The second-order valence-corrected chi connectivity index (χ2v) is 5.28. The van der Waals surface area contributed by atoms with E-state index in [2.05, 4.69) is 16.2 Å². The number of nitrogen functional groups attached to an aromatic ring is 1. The van der Waals surface area contributed by atoms with Gasteiger partial charge in [-0.15, -0.1) is 0 Å². The van der Waals surface area contributed by atoms with E-state index in [0.29, 0.717) is 17.0 Å². The van der Waals surface area contributed by atoms with Gasteiger partial charge in [-0.2, -0.15) is 10.4 Å². The molecule has 110 valence electrons. The van der Waals surface area contributed by atoms with Crippen LogP contribution < -0.4 is 5.73 Å². The molecular formula is C13H15N5O3. The van der Waals surface area contributed by atoms with E-state index in [-0.39, 0.29) is 6.61 Å². The zero-order valence-electron chi connectivity index (χ0n) is 11.3. The molecule has 1 aliphatic heterocycles. The van der Waals surface area contributed by atoms with Crippen molar-refractivity contribution in [3.8, 4) is 6.07 Å². The van der Waals surface area contributed by atoms with Gasteiger partial charge in [-0.25, -0.2) is 9.50 Å². The van der Waals surface area contributed by atoms with Crippen LogP contribution in [-0.2, 0) is 4.74 Å². The third kappa shape index (κ3) is 1.79. The smallest absolute Gasteiger partial charge is 0.151 e. The summed E-state index contributed by atoms with van der Waals surface area (Å²) in [7, 11) is 0. The van der Waals surface area contributed by atoms with Crippen molar-refractivity contribution in [2.24, 2.45) is 5.41 Å². The third-order valence-corrected chi connectivity index (χ3v) is 4.02. The first-order valence-corrected chi connectivity index (χ1v) is 6.46. The average Bonchev–Trinajstić information content (AvgIpc) is 3.01. The number of hydrogen-bond donors (Lipinski definition) is 3. The number of anilines is 1. The second kappa shape index (κ2) is 4.66. The largest absolute Gasteiger partial charge is 0.394 e. The van der Waals surface area contributed by atoms with E-state index >= 15 is 0 Å². The molecule has 2 aromatic heterocycles. The van der Waals surface area contributed by atoms with Gasteiger partial charge < -0.3 is 20.7 Å². The van der Waals surface area contributed by atoms with Gasteiger partial charge in [-0.1, -0.05) is 0 Å². The molecule has 8 heteroatoms. The van der Waals surface area contributed by atoms with Crippen molar-refractivity contribution in [2.75, 3.05) is 12.3 Å². The molecule has 21 heavy (non-hydrogen) atoms. The van der Waals surface area contributed by atoms with E-state index in [1.165, 1.54) is 10.8 Å². The Labute approximate surface area is 120 Å². The highest BCUT2D eigenvalue weighted by Crippen LogP contribution is 2.47. The molecule has 1 saturated heterocycles. The molecule has 3 heterocycles. The third-order valence-electron chi connectivity index (χ3n) is 4.02. The minimum Gasteiger partial charge on any atom is -0.394 e. The molecule has 4 N–H and O–H groups in total. The molecule has 4 unspecified atom stereocenters. The van der Waals surface area contributed by atoms with Crippen LogP contribution in [0.5, 0.6) is 0 Å². The monoisotopic (exact) mass is 289 g/mol. The van der Waals surface area contributed by atoms with Crippen LogP contribution in [0.25, 0.3) is 5.52 Å². The lowest BCUT2D eigenvalue weighted by atomic mass is 9.79. The van der Waals surface area contributed by atoms with Crippen molar-refractivity contribution in [3.05, 3.63) is 24.2 Å². The summed E-state index contributed by atoms with van der Waals surface area (Å²) in [6, 6.07) is 5.55. The molecule has 0 aliphatic carbocycles. The number of aliphatic hydroxyl groups is 2. The van der Waals surface area contributed by atoms with Crippen LogP contribution in [0.15, 0.2) is 18.5 Å². The maximum Gasteiger partial charge on any atom is 0.151 e. The average molecular weight is 289 g/mol. The number of nitriles is 1. The molecule has 2 aromatic rings. The fourth-order valence-corrected chi connectivity index (χ4v) is 2.75. The molecule has 3 rings (SSSR count). The van der Waals surface area contributed by atoms with Crippen molar-refractivity contribution in [2.45, 2.75) is 25.2 Å². The Hall–Kier alpha value is -2.21. The maximum atomic E-state index is 10.2. The lowest BCUT2D eigenvalue weighted by Crippen LogP contribution is -2.36. The van der Waals surface area contributed by atoms with Crippen molar-refractivity contribution >= 4 is 11.3 Å². The molecule has 0 aromatic carbocycles. The molecule has 1 fully saturated rings. The fourth-order valence-electron chi connectivity index (χ4n) is 2.75. The topological polar surface area (TPSA) is 130 Å². The summed E-state index contributed by atoms with van der Waals surface area (Å²) in [5, 5.41) is 33.1. The molecular weight excluding hydrogens is 274 g/mol. The van der Waals surface area contributed by atoms with Crippen LogP contribution in [-0.4, -0.2) is 43.6 Å². The summed E-state index contributed by atoms with van der Waals surface area (Å²) in [5.74, 6) is 0.312. The highest BCUT2D eigenvalue weighted by molar-refractivity contribution is 5.65. The minimum absolute atomic E-state index is 0.312. The predicted octanol–water partition coefficient (Wildman–Crippen LogP) is -0.366. The van der Waals surface area contributed by atoms with E-state index in [4.69, 9.17) is 10.5 Å². The highest BCUT2D eigenvalue weighted by atomic mass is 16.5. The van der Waals surface area contributed by atoms with Gasteiger partial charge >= 0.3 is 0 Å². The molecule has 4 atom stereocenters. The normalized spacial score (nSPS) is 32.4. The van der Waals surface area contributed by atoms with Gasteiger partial charge in [0.05, 0.1) is 18.4 Å². The first-order valence-electron chi connectivity index (χ1n) is 6.46. The number of hydrogen-bond acceptors (Lipinski definition) is 7. The zero-order valence-corrected chi connectivity index (χ0v) is 11.3. The van der Waals surface area contributed by atoms with Gasteiger partial charge in [0.15, 0.2) is 5.82 Å². The van der Waals surface area contributed by atoms with E-state index < -0.39 is 23.7 Å². The van der Waals surface area contributed by atoms with Crippen LogP contribution in [0.2, 0.25) is 0 Å². The lowest BCUT2D eigenvalue weighted by Gasteiger charge is -2.24. The molecule has 0 amide bonds.